The summed E-state index contributed by atoms with van der Waals surface area (Å²) in [5, 5.41) is 11.8. The van der Waals surface area contributed by atoms with E-state index >= 15 is 0 Å². The molecule has 2 rings (SSSR count). The number of aromatic nitrogens is 1. The summed E-state index contributed by atoms with van der Waals surface area (Å²) in [4.78, 5) is 11.5. The van der Waals surface area contributed by atoms with E-state index in [1.54, 1.807) is 22.9 Å². The lowest BCUT2D eigenvalue weighted by atomic mass is 10.1. The first-order chi connectivity index (χ1) is 9.29. The van der Waals surface area contributed by atoms with Gasteiger partial charge in [0.15, 0.2) is 0 Å². The highest BCUT2D eigenvalue weighted by atomic mass is 16.1. The monoisotopic (exact) mass is 253 g/mol. The van der Waals surface area contributed by atoms with Crippen molar-refractivity contribution in [1.29, 1.82) is 5.26 Å². The van der Waals surface area contributed by atoms with Crippen LogP contribution in [-0.4, -0.2) is 11.1 Å². The van der Waals surface area contributed by atoms with Crippen LogP contribution in [0.15, 0.2) is 53.5 Å². The van der Waals surface area contributed by atoms with Crippen LogP contribution in [0.5, 0.6) is 0 Å². The van der Waals surface area contributed by atoms with Gasteiger partial charge in [0.25, 0.3) is 5.56 Å². The van der Waals surface area contributed by atoms with Crippen molar-refractivity contribution in [2.75, 3.05) is 11.9 Å². The Bertz CT molecular complexity index is 623. The second-order valence-electron chi connectivity index (χ2n) is 4.19. The Kier molecular flexibility index (Phi) is 4.35. The molecule has 0 spiro atoms. The van der Waals surface area contributed by atoms with Gasteiger partial charge < -0.3 is 9.88 Å². The van der Waals surface area contributed by atoms with Gasteiger partial charge in [-0.25, -0.2) is 0 Å². The molecule has 0 aliphatic carbocycles. The van der Waals surface area contributed by atoms with Crippen LogP contribution in [0.4, 0.5) is 5.69 Å². The number of rotatable bonds is 5. The topological polar surface area (TPSA) is 57.8 Å². The minimum Gasteiger partial charge on any atom is -0.383 e. The fraction of sp³-hybridized carbons (Fsp3) is 0.200. The molecule has 0 amide bonds. The molecule has 0 fully saturated rings. The van der Waals surface area contributed by atoms with Crippen LogP contribution in [0, 0.1) is 11.3 Å². The molecule has 0 unspecified atom stereocenters. The Hall–Kier alpha value is -2.54. The lowest BCUT2D eigenvalue weighted by Gasteiger charge is -2.08. The maximum absolute atomic E-state index is 11.5. The van der Waals surface area contributed by atoms with Crippen LogP contribution in [0.2, 0.25) is 0 Å². The van der Waals surface area contributed by atoms with E-state index in [0.29, 0.717) is 19.5 Å². The molecule has 4 heteroatoms. The molecular formula is C15H15N3O. The molecule has 0 bridgehead atoms. The zero-order chi connectivity index (χ0) is 13.5. The standard InChI is InChI=1S/C15H15N3O/c16-9-8-13-4-6-14(7-5-13)17-10-12-18-11-2-1-3-15(18)19/h1-7,11,17H,8,10,12H2. The molecule has 19 heavy (non-hydrogen) atoms. The second kappa shape index (κ2) is 6.41. The number of nitriles is 1. The van der Waals surface area contributed by atoms with Crippen molar-refractivity contribution in [2.45, 2.75) is 13.0 Å². The van der Waals surface area contributed by atoms with Gasteiger partial charge in [-0.1, -0.05) is 18.2 Å². The molecule has 1 aromatic carbocycles. The molecule has 0 saturated carbocycles. The van der Waals surface area contributed by atoms with E-state index < -0.39 is 0 Å². The normalized spacial score (nSPS) is 9.84. The minimum absolute atomic E-state index is 0.00803. The zero-order valence-electron chi connectivity index (χ0n) is 10.5. The largest absolute Gasteiger partial charge is 0.383 e. The van der Waals surface area contributed by atoms with Crippen molar-refractivity contribution >= 4 is 5.69 Å². The van der Waals surface area contributed by atoms with Crippen LogP contribution in [-0.2, 0) is 13.0 Å². The van der Waals surface area contributed by atoms with E-state index in [2.05, 4.69) is 11.4 Å². The third kappa shape index (κ3) is 3.71. The highest BCUT2D eigenvalue weighted by Crippen LogP contribution is 2.09. The van der Waals surface area contributed by atoms with Crippen molar-refractivity contribution in [3.05, 3.63) is 64.6 Å². The summed E-state index contributed by atoms with van der Waals surface area (Å²) in [7, 11) is 0. The maximum atomic E-state index is 11.5. The molecule has 0 aliphatic rings. The van der Waals surface area contributed by atoms with Crippen LogP contribution in [0.25, 0.3) is 0 Å². The van der Waals surface area contributed by atoms with E-state index in [1.165, 1.54) is 0 Å². The number of anilines is 1. The predicted octanol–water partition coefficient (Wildman–Crippen LogP) is 2.03. The molecule has 4 nitrogen and oxygen atoms in total. The van der Waals surface area contributed by atoms with Gasteiger partial charge in [-0.15, -0.1) is 0 Å². The smallest absolute Gasteiger partial charge is 0.250 e. The van der Waals surface area contributed by atoms with E-state index in [9.17, 15) is 4.79 Å². The first kappa shape index (κ1) is 12.9. The minimum atomic E-state index is 0.00803. The fourth-order valence-electron chi connectivity index (χ4n) is 1.80. The molecule has 1 N–H and O–H groups in total. The van der Waals surface area contributed by atoms with Gasteiger partial charge in [-0.05, 0) is 23.8 Å². The Balaban J connectivity index is 1.88. The third-order valence-corrected chi connectivity index (χ3v) is 2.82. The fourth-order valence-corrected chi connectivity index (χ4v) is 1.80. The average Bonchev–Trinajstić information content (AvgIpc) is 2.43. The Morgan fingerprint density at radius 1 is 1.16 bits per heavy atom. The van der Waals surface area contributed by atoms with Crippen molar-refractivity contribution in [3.63, 3.8) is 0 Å². The van der Waals surface area contributed by atoms with Crippen molar-refractivity contribution in [2.24, 2.45) is 0 Å². The summed E-state index contributed by atoms with van der Waals surface area (Å²) in [5.74, 6) is 0. The number of hydrogen-bond acceptors (Lipinski definition) is 3. The molecule has 1 aromatic heterocycles. The first-order valence-electron chi connectivity index (χ1n) is 6.15. The average molecular weight is 253 g/mol. The molecule has 0 atom stereocenters. The molecule has 0 aliphatic heterocycles. The quantitative estimate of drug-likeness (QED) is 0.887. The van der Waals surface area contributed by atoms with Gasteiger partial charge >= 0.3 is 0 Å². The van der Waals surface area contributed by atoms with Crippen LogP contribution >= 0.6 is 0 Å². The Morgan fingerprint density at radius 2 is 1.95 bits per heavy atom. The van der Waals surface area contributed by atoms with Gasteiger partial charge in [0, 0.05) is 31.0 Å². The molecule has 0 saturated heterocycles. The Morgan fingerprint density at radius 3 is 2.63 bits per heavy atom. The van der Waals surface area contributed by atoms with Crippen LogP contribution < -0.4 is 10.9 Å². The molecule has 0 radical (unpaired) electrons. The molecular weight excluding hydrogens is 238 g/mol. The number of hydrogen-bond donors (Lipinski definition) is 1. The second-order valence-corrected chi connectivity index (χ2v) is 4.19. The number of nitrogens with one attached hydrogen (secondary N) is 1. The Labute approximate surface area is 111 Å². The highest BCUT2D eigenvalue weighted by Gasteiger charge is 1.96. The van der Waals surface area contributed by atoms with E-state index in [4.69, 9.17) is 5.26 Å². The van der Waals surface area contributed by atoms with Crippen molar-refractivity contribution < 1.29 is 0 Å². The lowest BCUT2D eigenvalue weighted by Crippen LogP contribution is -2.21. The summed E-state index contributed by atoms with van der Waals surface area (Å²) in [6.07, 6.45) is 2.21. The molecule has 2 aromatic rings. The first-order valence-corrected chi connectivity index (χ1v) is 6.15. The number of pyridine rings is 1. The lowest BCUT2D eigenvalue weighted by molar-refractivity contribution is 0.697. The van der Waals surface area contributed by atoms with Crippen LogP contribution in [0.3, 0.4) is 0 Å². The summed E-state index contributed by atoms with van der Waals surface area (Å²) >= 11 is 0. The van der Waals surface area contributed by atoms with Crippen molar-refractivity contribution in [1.82, 2.24) is 4.57 Å². The highest BCUT2D eigenvalue weighted by molar-refractivity contribution is 5.44. The number of nitrogens with zero attached hydrogens (tertiary/aromatic N) is 2. The zero-order valence-corrected chi connectivity index (χ0v) is 10.5. The van der Waals surface area contributed by atoms with Crippen LogP contribution in [0.1, 0.15) is 5.56 Å². The van der Waals surface area contributed by atoms with Gasteiger partial charge in [0.05, 0.1) is 12.5 Å². The van der Waals surface area contributed by atoms with Crippen molar-refractivity contribution in [3.8, 4) is 6.07 Å². The third-order valence-electron chi connectivity index (χ3n) is 2.82. The SMILES string of the molecule is N#CCc1ccc(NCCn2ccccc2=O)cc1. The van der Waals surface area contributed by atoms with Gasteiger partial charge in [0.1, 0.15) is 0 Å². The van der Waals surface area contributed by atoms with Gasteiger partial charge in [-0.2, -0.15) is 5.26 Å². The van der Waals surface area contributed by atoms with E-state index in [0.717, 1.165) is 11.3 Å². The van der Waals surface area contributed by atoms with Gasteiger partial charge in [0.2, 0.25) is 0 Å². The summed E-state index contributed by atoms with van der Waals surface area (Å²) in [6.45, 7) is 1.31. The summed E-state index contributed by atoms with van der Waals surface area (Å²) < 4.78 is 1.66. The summed E-state index contributed by atoms with van der Waals surface area (Å²) in [5.41, 5.74) is 2.01. The van der Waals surface area contributed by atoms with Gasteiger partial charge in [-0.3, -0.25) is 4.79 Å². The van der Waals surface area contributed by atoms with E-state index in [1.807, 2.05) is 30.3 Å². The molecule has 96 valence electrons. The number of benzene rings is 1. The molecule has 1 heterocycles. The van der Waals surface area contributed by atoms with E-state index in [-0.39, 0.29) is 5.56 Å². The predicted molar refractivity (Wildman–Crippen MR) is 75.0 cm³/mol. The summed E-state index contributed by atoms with van der Waals surface area (Å²) in [6, 6.07) is 15.0. The maximum Gasteiger partial charge on any atom is 0.250 e.